The van der Waals surface area contributed by atoms with E-state index in [1.165, 1.54) is 16.3 Å². The molecule has 1 atom stereocenters. The van der Waals surface area contributed by atoms with Gasteiger partial charge in [0, 0.05) is 26.1 Å². The number of hydrogen-bond donors (Lipinski definition) is 1. The smallest absolute Gasteiger partial charge is 0.222 e. The van der Waals surface area contributed by atoms with Gasteiger partial charge in [0.25, 0.3) is 0 Å². The van der Waals surface area contributed by atoms with Gasteiger partial charge in [-0.1, -0.05) is 42.5 Å². The topological polar surface area (TPSA) is 46.3 Å². The molecule has 3 heteroatoms. The van der Waals surface area contributed by atoms with E-state index in [-0.39, 0.29) is 11.9 Å². The molecule has 0 radical (unpaired) electrons. The first-order valence-corrected chi connectivity index (χ1v) is 7.04. The molecule has 0 aliphatic heterocycles. The van der Waals surface area contributed by atoms with Gasteiger partial charge in [-0.15, -0.1) is 0 Å². The molecule has 0 spiro atoms. The van der Waals surface area contributed by atoms with E-state index in [1.54, 1.807) is 4.90 Å². The Morgan fingerprint density at radius 1 is 1.20 bits per heavy atom. The molecule has 0 aromatic heterocycles. The van der Waals surface area contributed by atoms with E-state index >= 15 is 0 Å². The molecule has 0 saturated heterocycles. The van der Waals surface area contributed by atoms with Gasteiger partial charge in [-0.2, -0.15) is 0 Å². The van der Waals surface area contributed by atoms with Crippen LogP contribution in [0.5, 0.6) is 0 Å². The van der Waals surface area contributed by atoms with E-state index in [4.69, 9.17) is 5.73 Å². The van der Waals surface area contributed by atoms with Gasteiger partial charge in [0.1, 0.15) is 0 Å². The van der Waals surface area contributed by atoms with Crippen molar-refractivity contribution in [1.82, 2.24) is 4.90 Å². The Kier molecular flexibility index (Phi) is 4.74. The fourth-order valence-corrected chi connectivity index (χ4v) is 2.32. The summed E-state index contributed by atoms with van der Waals surface area (Å²) >= 11 is 0. The van der Waals surface area contributed by atoms with Crippen LogP contribution in [0.1, 0.15) is 25.3 Å². The summed E-state index contributed by atoms with van der Waals surface area (Å²) in [5.41, 5.74) is 6.88. The van der Waals surface area contributed by atoms with Gasteiger partial charge in [-0.25, -0.2) is 0 Å². The van der Waals surface area contributed by atoms with E-state index in [1.807, 2.05) is 32.2 Å². The van der Waals surface area contributed by atoms with Crippen molar-refractivity contribution in [2.24, 2.45) is 5.73 Å². The van der Waals surface area contributed by atoms with Gasteiger partial charge in [-0.05, 0) is 29.7 Å². The predicted octanol–water partition coefficient (Wildman–Crippen LogP) is 2.93. The van der Waals surface area contributed by atoms with E-state index in [0.29, 0.717) is 13.0 Å². The molecular weight excluding hydrogens is 248 g/mol. The van der Waals surface area contributed by atoms with Gasteiger partial charge in [0.15, 0.2) is 0 Å². The zero-order chi connectivity index (χ0) is 14.5. The monoisotopic (exact) mass is 270 g/mol. The van der Waals surface area contributed by atoms with Crippen molar-refractivity contribution in [1.29, 1.82) is 0 Å². The van der Waals surface area contributed by atoms with Crippen molar-refractivity contribution in [2.75, 3.05) is 7.05 Å². The average molecular weight is 270 g/mol. The first kappa shape index (κ1) is 14.5. The second kappa shape index (κ2) is 6.53. The van der Waals surface area contributed by atoms with Crippen molar-refractivity contribution in [3.8, 4) is 0 Å². The number of benzene rings is 2. The summed E-state index contributed by atoms with van der Waals surface area (Å²) in [7, 11) is 1.85. The number of nitrogens with two attached hydrogens (primary N) is 1. The third-order valence-electron chi connectivity index (χ3n) is 3.53. The highest BCUT2D eigenvalue weighted by Crippen LogP contribution is 2.19. The first-order chi connectivity index (χ1) is 9.58. The molecule has 20 heavy (non-hydrogen) atoms. The van der Waals surface area contributed by atoms with Crippen LogP contribution in [0.2, 0.25) is 0 Å². The van der Waals surface area contributed by atoms with Crippen LogP contribution >= 0.6 is 0 Å². The zero-order valence-electron chi connectivity index (χ0n) is 12.2. The Morgan fingerprint density at radius 3 is 2.65 bits per heavy atom. The lowest BCUT2D eigenvalue weighted by atomic mass is 10.0. The van der Waals surface area contributed by atoms with Crippen molar-refractivity contribution in [3.05, 3.63) is 48.0 Å². The number of amides is 1. The van der Waals surface area contributed by atoms with Gasteiger partial charge >= 0.3 is 0 Å². The molecule has 2 N–H and O–H groups in total. The molecule has 0 heterocycles. The van der Waals surface area contributed by atoms with Crippen molar-refractivity contribution in [3.63, 3.8) is 0 Å². The molecule has 1 amide bonds. The fourth-order valence-electron chi connectivity index (χ4n) is 2.32. The molecule has 0 fully saturated rings. The average Bonchev–Trinajstić information content (AvgIpc) is 2.45. The maximum Gasteiger partial charge on any atom is 0.222 e. The van der Waals surface area contributed by atoms with Crippen LogP contribution in [0, 0.1) is 0 Å². The zero-order valence-corrected chi connectivity index (χ0v) is 12.2. The summed E-state index contributed by atoms with van der Waals surface area (Å²) in [5.74, 6) is 0.148. The molecule has 0 bridgehead atoms. The Bertz CT molecular complexity index is 587. The van der Waals surface area contributed by atoms with Crippen LogP contribution in [0.3, 0.4) is 0 Å². The molecule has 2 rings (SSSR count). The van der Waals surface area contributed by atoms with Crippen LogP contribution in [-0.4, -0.2) is 23.9 Å². The molecule has 106 valence electrons. The maximum absolute atomic E-state index is 12.1. The van der Waals surface area contributed by atoms with Gasteiger partial charge in [-0.3, -0.25) is 4.79 Å². The molecule has 0 aliphatic carbocycles. The van der Waals surface area contributed by atoms with Gasteiger partial charge in [0.05, 0.1) is 0 Å². The third-order valence-corrected chi connectivity index (χ3v) is 3.53. The van der Waals surface area contributed by atoms with Crippen molar-refractivity contribution in [2.45, 2.75) is 32.4 Å². The standard InChI is InChI=1S/C17H22N2O/c1-13(18)10-11-17(20)19(2)12-15-8-5-7-14-6-3-4-9-16(14)15/h3-9,13H,10-12,18H2,1-2H3. The largest absolute Gasteiger partial charge is 0.341 e. The van der Waals surface area contributed by atoms with Crippen molar-refractivity contribution < 1.29 is 4.79 Å². The lowest BCUT2D eigenvalue weighted by molar-refractivity contribution is -0.130. The molecule has 0 saturated carbocycles. The number of carbonyl (C=O) groups excluding carboxylic acids is 1. The number of rotatable bonds is 5. The summed E-state index contributed by atoms with van der Waals surface area (Å²) in [6.45, 7) is 2.57. The highest BCUT2D eigenvalue weighted by atomic mass is 16.2. The summed E-state index contributed by atoms with van der Waals surface area (Å²) in [5, 5.41) is 2.42. The minimum absolute atomic E-state index is 0.0740. The summed E-state index contributed by atoms with van der Waals surface area (Å²) in [4.78, 5) is 13.8. The van der Waals surface area contributed by atoms with E-state index < -0.39 is 0 Å². The summed E-state index contributed by atoms with van der Waals surface area (Å²) in [6, 6.07) is 14.5. The van der Waals surface area contributed by atoms with Crippen LogP contribution in [0.25, 0.3) is 10.8 Å². The van der Waals surface area contributed by atoms with Crippen molar-refractivity contribution >= 4 is 16.7 Å². The van der Waals surface area contributed by atoms with Gasteiger partial charge < -0.3 is 10.6 Å². The normalized spacial score (nSPS) is 12.3. The number of nitrogens with zero attached hydrogens (tertiary/aromatic N) is 1. The number of hydrogen-bond acceptors (Lipinski definition) is 2. The lowest BCUT2D eigenvalue weighted by Crippen LogP contribution is -2.28. The number of carbonyl (C=O) groups is 1. The molecule has 3 nitrogen and oxygen atoms in total. The minimum Gasteiger partial charge on any atom is -0.341 e. The fraction of sp³-hybridized carbons (Fsp3) is 0.353. The third kappa shape index (κ3) is 3.58. The molecule has 1 unspecified atom stereocenters. The summed E-state index contributed by atoms with van der Waals surface area (Å²) in [6.07, 6.45) is 1.25. The first-order valence-electron chi connectivity index (χ1n) is 7.04. The lowest BCUT2D eigenvalue weighted by Gasteiger charge is -2.19. The van der Waals surface area contributed by atoms with E-state index in [0.717, 1.165) is 6.42 Å². The number of fused-ring (bicyclic) bond motifs is 1. The molecule has 2 aromatic carbocycles. The Hall–Kier alpha value is -1.87. The molecule has 2 aromatic rings. The quantitative estimate of drug-likeness (QED) is 0.908. The van der Waals surface area contributed by atoms with Gasteiger partial charge in [0.2, 0.25) is 5.91 Å². The van der Waals surface area contributed by atoms with Crippen LogP contribution in [0.4, 0.5) is 0 Å². The highest BCUT2D eigenvalue weighted by Gasteiger charge is 2.11. The SMILES string of the molecule is CC(N)CCC(=O)N(C)Cc1cccc2ccccc12. The van der Waals surface area contributed by atoms with Crippen LogP contribution in [-0.2, 0) is 11.3 Å². The maximum atomic E-state index is 12.1. The second-order valence-corrected chi connectivity index (χ2v) is 5.40. The Balaban J connectivity index is 2.10. The molecule has 0 aliphatic rings. The highest BCUT2D eigenvalue weighted by molar-refractivity contribution is 5.86. The van der Waals surface area contributed by atoms with E-state index in [9.17, 15) is 4.79 Å². The van der Waals surface area contributed by atoms with Crippen LogP contribution in [0.15, 0.2) is 42.5 Å². The van der Waals surface area contributed by atoms with E-state index in [2.05, 4.69) is 24.3 Å². The molecular formula is C17H22N2O. The predicted molar refractivity (Wildman–Crippen MR) is 83.3 cm³/mol. The Labute approximate surface area is 120 Å². The second-order valence-electron chi connectivity index (χ2n) is 5.40. The van der Waals surface area contributed by atoms with Crippen LogP contribution < -0.4 is 5.73 Å². The summed E-state index contributed by atoms with van der Waals surface area (Å²) < 4.78 is 0. The minimum atomic E-state index is 0.0740. The Morgan fingerprint density at radius 2 is 1.90 bits per heavy atom.